The monoisotopic (exact) mass is 189 g/mol. The third-order valence-corrected chi connectivity index (χ3v) is 2.39. The fraction of sp³-hybridized carbons (Fsp3) is 0.625. The highest BCUT2D eigenvalue weighted by Gasteiger charge is 2.09. The van der Waals surface area contributed by atoms with E-state index in [2.05, 4.69) is 17.4 Å². The minimum absolute atomic E-state index is 0.242. The molecule has 1 nitrogen and oxygen atoms in total. The first-order valence-corrected chi connectivity index (χ1v) is 5.01. The Morgan fingerprint density at radius 1 is 1.64 bits per heavy atom. The van der Waals surface area contributed by atoms with Gasteiger partial charge >= 0.3 is 0 Å². The maximum Gasteiger partial charge on any atom is 0.0570 e. The number of halogens is 1. The summed E-state index contributed by atoms with van der Waals surface area (Å²) in [6.45, 7) is 4.18. The fourth-order valence-electron chi connectivity index (χ4n) is 1.08. The Hall–Kier alpha value is -0.0800. The highest BCUT2D eigenvalue weighted by atomic mass is 35.5. The zero-order valence-electron chi connectivity index (χ0n) is 6.75. The van der Waals surface area contributed by atoms with E-state index in [4.69, 9.17) is 11.6 Å². The summed E-state index contributed by atoms with van der Waals surface area (Å²) in [4.78, 5) is 0. The third-order valence-electron chi connectivity index (χ3n) is 1.64. The Bertz CT molecular complexity index is 196. The Balaban J connectivity index is 2.49. The first-order valence-electron chi connectivity index (χ1n) is 3.74. The highest BCUT2D eigenvalue weighted by Crippen LogP contribution is 2.21. The van der Waals surface area contributed by atoms with E-state index in [0.717, 1.165) is 6.42 Å². The first-order chi connectivity index (χ1) is 5.20. The van der Waals surface area contributed by atoms with Gasteiger partial charge in [0.25, 0.3) is 0 Å². The van der Waals surface area contributed by atoms with E-state index in [1.165, 1.54) is 17.2 Å². The van der Waals surface area contributed by atoms with E-state index in [1.54, 1.807) is 0 Å². The van der Waals surface area contributed by atoms with Crippen molar-refractivity contribution in [1.29, 1.82) is 0 Å². The van der Waals surface area contributed by atoms with Crippen molar-refractivity contribution in [3.8, 4) is 0 Å². The van der Waals surface area contributed by atoms with Crippen LogP contribution >= 0.6 is 23.1 Å². The fourth-order valence-corrected chi connectivity index (χ4v) is 1.97. The van der Waals surface area contributed by atoms with E-state index in [0.29, 0.717) is 5.92 Å². The second-order valence-corrected chi connectivity index (χ2v) is 4.25. The van der Waals surface area contributed by atoms with Crippen LogP contribution in [0.5, 0.6) is 0 Å². The van der Waals surface area contributed by atoms with Gasteiger partial charge in [-0.25, -0.2) is 0 Å². The van der Waals surface area contributed by atoms with Crippen LogP contribution in [0.2, 0.25) is 0 Å². The lowest BCUT2D eigenvalue weighted by Gasteiger charge is -2.08. The average molecular weight is 190 g/mol. The second kappa shape index (κ2) is 4.07. The summed E-state index contributed by atoms with van der Waals surface area (Å²) < 4.78 is 4.25. The molecule has 0 saturated heterocycles. The van der Waals surface area contributed by atoms with Gasteiger partial charge in [0.1, 0.15) is 0 Å². The molecule has 2 unspecified atom stereocenters. The van der Waals surface area contributed by atoms with Gasteiger partial charge < -0.3 is 0 Å². The summed E-state index contributed by atoms with van der Waals surface area (Å²) in [5.41, 5.74) is 1.17. The zero-order valence-corrected chi connectivity index (χ0v) is 8.32. The largest absolute Gasteiger partial charge is 0.197 e. The molecule has 0 spiro atoms. The molecule has 3 heteroatoms. The van der Waals surface area contributed by atoms with E-state index in [1.807, 2.05) is 12.3 Å². The van der Waals surface area contributed by atoms with Gasteiger partial charge in [-0.3, -0.25) is 0 Å². The quantitative estimate of drug-likeness (QED) is 0.666. The number of hydrogen-bond donors (Lipinski definition) is 0. The number of nitrogens with zero attached hydrogens (tertiary/aromatic N) is 1. The van der Waals surface area contributed by atoms with Gasteiger partial charge in [-0.2, -0.15) is 4.37 Å². The molecule has 11 heavy (non-hydrogen) atoms. The van der Waals surface area contributed by atoms with Crippen molar-refractivity contribution in [2.75, 3.05) is 0 Å². The van der Waals surface area contributed by atoms with Crippen molar-refractivity contribution < 1.29 is 0 Å². The molecule has 1 heterocycles. The summed E-state index contributed by atoms with van der Waals surface area (Å²) in [6, 6.07) is 2.06. The molecular formula is C8H12ClNS. The smallest absolute Gasteiger partial charge is 0.0570 e. The van der Waals surface area contributed by atoms with Crippen molar-refractivity contribution in [3.05, 3.63) is 17.1 Å². The predicted molar refractivity (Wildman–Crippen MR) is 50.5 cm³/mol. The summed E-state index contributed by atoms with van der Waals surface area (Å²) in [5.74, 6) is 0.494. The van der Waals surface area contributed by atoms with E-state index in [9.17, 15) is 0 Å². The SMILES string of the molecule is CC(Cl)CC(C)c1ccsn1. The number of rotatable bonds is 3. The van der Waals surface area contributed by atoms with E-state index in [-0.39, 0.29) is 5.38 Å². The molecule has 0 aliphatic carbocycles. The Kier molecular flexibility index (Phi) is 3.34. The van der Waals surface area contributed by atoms with Gasteiger partial charge in [0.15, 0.2) is 0 Å². The minimum Gasteiger partial charge on any atom is -0.197 e. The maximum absolute atomic E-state index is 5.87. The predicted octanol–water partition coefficient (Wildman–Crippen LogP) is 3.26. The lowest BCUT2D eigenvalue weighted by atomic mass is 10.0. The van der Waals surface area contributed by atoms with Crippen molar-refractivity contribution in [1.82, 2.24) is 4.37 Å². The topological polar surface area (TPSA) is 12.9 Å². The molecule has 1 aromatic rings. The summed E-state index contributed by atoms with van der Waals surface area (Å²) in [5, 5.41) is 2.25. The van der Waals surface area contributed by atoms with Crippen LogP contribution in [-0.4, -0.2) is 9.75 Å². The van der Waals surface area contributed by atoms with Crippen molar-refractivity contribution >= 4 is 23.1 Å². The molecular weight excluding hydrogens is 178 g/mol. The molecule has 0 radical (unpaired) electrons. The molecule has 0 amide bonds. The molecule has 1 aromatic heterocycles. The number of hydrogen-bond acceptors (Lipinski definition) is 2. The standard InChI is InChI=1S/C8H12ClNS/c1-6(5-7(2)9)8-3-4-11-10-8/h3-4,6-7H,5H2,1-2H3. The van der Waals surface area contributed by atoms with Crippen LogP contribution in [0.25, 0.3) is 0 Å². The summed E-state index contributed by atoms with van der Waals surface area (Å²) in [7, 11) is 0. The van der Waals surface area contributed by atoms with Crippen LogP contribution in [-0.2, 0) is 0 Å². The van der Waals surface area contributed by atoms with E-state index >= 15 is 0 Å². The Morgan fingerprint density at radius 2 is 2.36 bits per heavy atom. The van der Waals surface area contributed by atoms with Gasteiger partial charge in [0.05, 0.1) is 5.69 Å². The molecule has 0 aromatic carbocycles. The molecule has 0 fully saturated rings. The molecule has 0 aliphatic heterocycles. The molecule has 0 bridgehead atoms. The average Bonchev–Trinajstić information content (AvgIpc) is 2.35. The zero-order chi connectivity index (χ0) is 8.27. The highest BCUT2D eigenvalue weighted by molar-refractivity contribution is 7.03. The number of alkyl halides is 1. The van der Waals surface area contributed by atoms with Gasteiger partial charge in [-0.1, -0.05) is 6.92 Å². The third kappa shape index (κ3) is 2.80. The van der Waals surface area contributed by atoms with Crippen molar-refractivity contribution in [2.45, 2.75) is 31.6 Å². The molecule has 0 aliphatic rings. The van der Waals surface area contributed by atoms with Gasteiger partial charge in [0.2, 0.25) is 0 Å². The molecule has 1 rings (SSSR count). The molecule has 0 N–H and O–H groups in total. The first kappa shape index (κ1) is 9.01. The van der Waals surface area contributed by atoms with Gasteiger partial charge in [-0.15, -0.1) is 11.6 Å². The lowest BCUT2D eigenvalue weighted by molar-refractivity contribution is 0.659. The van der Waals surface area contributed by atoms with Crippen molar-refractivity contribution in [2.24, 2.45) is 0 Å². The summed E-state index contributed by atoms with van der Waals surface area (Å²) in [6.07, 6.45) is 1.01. The van der Waals surface area contributed by atoms with Crippen LogP contribution < -0.4 is 0 Å². The van der Waals surface area contributed by atoms with Crippen LogP contribution in [0, 0.1) is 0 Å². The van der Waals surface area contributed by atoms with Crippen LogP contribution in [0.1, 0.15) is 31.9 Å². The van der Waals surface area contributed by atoms with Gasteiger partial charge in [0, 0.05) is 16.7 Å². The van der Waals surface area contributed by atoms with Crippen molar-refractivity contribution in [3.63, 3.8) is 0 Å². The Labute approximate surface area is 76.6 Å². The Morgan fingerprint density at radius 3 is 2.82 bits per heavy atom. The summed E-state index contributed by atoms with van der Waals surface area (Å²) >= 11 is 7.37. The van der Waals surface area contributed by atoms with Crippen LogP contribution in [0.4, 0.5) is 0 Å². The normalized spacial score (nSPS) is 16.3. The van der Waals surface area contributed by atoms with Crippen LogP contribution in [0.15, 0.2) is 11.4 Å². The second-order valence-electron chi connectivity index (χ2n) is 2.84. The van der Waals surface area contributed by atoms with Crippen LogP contribution in [0.3, 0.4) is 0 Å². The molecule has 2 atom stereocenters. The number of aromatic nitrogens is 1. The van der Waals surface area contributed by atoms with Gasteiger partial charge in [-0.05, 0) is 30.9 Å². The lowest BCUT2D eigenvalue weighted by Crippen LogP contribution is -2.00. The molecule has 62 valence electrons. The minimum atomic E-state index is 0.242. The molecule has 0 saturated carbocycles. The van der Waals surface area contributed by atoms with E-state index < -0.39 is 0 Å². The maximum atomic E-state index is 5.87.